The fourth-order valence-electron chi connectivity index (χ4n) is 4.49. The zero-order valence-electron chi connectivity index (χ0n) is 21.9. The van der Waals surface area contributed by atoms with Crippen LogP contribution in [0.25, 0.3) is 0 Å². The van der Waals surface area contributed by atoms with E-state index in [1.807, 2.05) is 24.1 Å². The average molecular weight is 567 g/mol. The van der Waals surface area contributed by atoms with E-state index in [0.29, 0.717) is 42.4 Å². The van der Waals surface area contributed by atoms with E-state index in [1.165, 1.54) is 7.11 Å². The van der Waals surface area contributed by atoms with E-state index >= 15 is 0 Å². The van der Waals surface area contributed by atoms with Crippen molar-refractivity contribution in [2.75, 3.05) is 45.2 Å². The van der Waals surface area contributed by atoms with Crippen LogP contribution in [0, 0.1) is 0 Å². The van der Waals surface area contributed by atoms with Crippen molar-refractivity contribution < 1.29 is 35.9 Å². The van der Waals surface area contributed by atoms with Crippen LogP contribution >= 0.6 is 0 Å². The van der Waals surface area contributed by atoms with Gasteiger partial charge in [-0.05, 0) is 54.1 Å². The molecule has 0 radical (unpaired) electrons. The Morgan fingerprint density at radius 1 is 0.925 bits per heavy atom. The summed E-state index contributed by atoms with van der Waals surface area (Å²) >= 11 is 0. The van der Waals surface area contributed by atoms with Crippen molar-refractivity contribution >= 4 is 11.7 Å². The summed E-state index contributed by atoms with van der Waals surface area (Å²) < 4.78 is 85.1. The molecule has 1 N–H and O–H groups in total. The van der Waals surface area contributed by atoms with E-state index in [1.54, 1.807) is 24.4 Å². The lowest BCUT2D eigenvalue weighted by Gasteiger charge is -2.33. The second-order valence-electron chi connectivity index (χ2n) is 9.58. The zero-order valence-corrected chi connectivity index (χ0v) is 21.9. The number of halogens is 6. The van der Waals surface area contributed by atoms with E-state index in [4.69, 9.17) is 4.74 Å². The monoisotopic (exact) mass is 566 g/mol. The third-order valence-electron chi connectivity index (χ3n) is 6.72. The van der Waals surface area contributed by atoms with Crippen LogP contribution < -0.4 is 15.0 Å². The largest absolute Gasteiger partial charge is 0.496 e. The Kier molecular flexibility index (Phi) is 8.57. The molecule has 1 saturated heterocycles. The highest BCUT2D eigenvalue weighted by molar-refractivity contribution is 5.96. The van der Waals surface area contributed by atoms with Crippen molar-refractivity contribution in [3.05, 3.63) is 88.1 Å². The third kappa shape index (κ3) is 7.04. The topological polar surface area (TPSA) is 57.7 Å². The molecule has 6 nitrogen and oxygen atoms in total. The van der Waals surface area contributed by atoms with Crippen LogP contribution in [0.5, 0.6) is 5.75 Å². The minimum absolute atomic E-state index is 0.0574. The zero-order chi connectivity index (χ0) is 29.1. The molecule has 0 aliphatic carbocycles. The van der Waals surface area contributed by atoms with Gasteiger partial charge < -0.3 is 19.9 Å². The van der Waals surface area contributed by atoms with Crippen LogP contribution in [-0.2, 0) is 25.3 Å². The molecule has 1 amide bonds. The van der Waals surface area contributed by atoms with Crippen LogP contribution in [0.2, 0.25) is 0 Å². The number of carbonyl (C=O) groups excluding carboxylic acids is 1. The maximum absolute atomic E-state index is 13.4. The predicted molar refractivity (Wildman–Crippen MR) is 137 cm³/mol. The van der Waals surface area contributed by atoms with E-state index in [0.717, 1.165) is 18.7 Å². The van der Waals surface area contributed by atoms with E-state index in [2.05, 4.69) is 15.2 Å². The van der Waals surface area contributed by atoms with Crippen LogP contribution in [0.4, 0.5) is 32.2 Å². The number of hydrogen-bond acceptors (Lipinski definition) is 5. The standard InChI is InChI=1S/C28H28F6N4O2/c1-37-7-9-38(10-8-37)25-15-23(20(17-35-25)13-19-5-3-4-6-24(19)40-2)26(39)36-16-18-11-21(27(29,30)31)14-22(12-18)28(32,33)34/h3-6,11-12,14-15,17H,7-10,13,16H2,1-2H3,(H,36,39). The Labute approximate surface area is 227 Å². The molecule has 0 bridgehead atoms. The van der Waals surface area contributed by atoms with Crippen molar-refractivity contribution in [2.24, 2.45) is 0 Å². The Balaban J connectivity index is 1.65. The molecule has 2 aromatic carbocycles. The summed E-state index contributed by atoms with van der Waals surface area (Å²) in [7, 11) is 3.52. The molecule has 0 atom stereocenters. The molecule has 40 heavy (non-hydrogen) atoms. The van der Waals surface area contributed by atoms with Crippen LogP contribution in [0.1, 0.15) is 38.2 Å². The summed E-state index contributed by atoms with van der Waals surface area (Å²) in [6, 6.07) is 10.1. The van der Waals surface area contributed by atoms with Gasteiger partial charge in [0, 0.05) is 50.9 Å². The molecule has 0 saturated carbocycles. The van der Waals surface area contributed by atoms with Gasteiger partial charge in [0.15, 0.2) is 0 Å². The Morgan fingerprint density at radius 3 is 2.15 bits per heavy atom. The van der Waals surface area contributed by atoms with Gasteiger partial charge in [0.1, 0.15) is 11.6 Å². The quantitative estimate of drug-likeness (QED) is 0.389. The van der Waals surface area contributed by atoms with Gasteiger partial charge in [-0.2, -0.15) is 26.3 Å². The first-order valence-corrected chi connectivity index (χ1v) is 12.5. The number of nitrogens with one attached hydrogen (secondary N) is 1. The number of rotatable bonds is 7. The number of methoxy groups -OCH3 is 1. The molecule has 0 spiro atoms. The predicted octanol–water partition coefficient (Wildman–Crippen LogP) is 5.40. The van der Waals surface area contributed by atoms with Gasteiger partial charge in [0.25, 0.3) is 5.91 Å². The van der Waals surface area contributed by atoms with Crippen molar-refractivity contribution in [2.45, 2.75) is 25.3 Å². The molecular weight excluding hydrogens is 538 g/mol. The molecular formula is C28H28F6N4O2. The SMILES string of the molecule is COc1ccccc1Cc1cnc(N2CCN(C)CC2)cc1C(=O)NCc1cc(C(F)(F)F)cc(C(F)(F)F)c1. The molecule has 1 fully saturated rings. The number of hydrogen-bond donors (Lipinski definition) is 1. The lowest BCUT2D eigenvalue weighted by molar-refractivity contribution is -0.143. The first-order valence-electron chi connectivity index (χ1n) is 12.5. The first kappa shape index (κ1) is 29.2. The first-order chi connectivity index (χ1) is 18.8. The van der Waals surface area contributed by atoms with Gasteiger partial charge in [0.2, 0.25) is 0 Å². The van der Waals surface area contributed by atoms with Crippen molar-refractivity contribution in [1.29, 1.82) is 0 Å². The van der Waals surface area contributed by atoms with Crippen molar-refractivity contribution in [3.63, 3.8) is 0 Å². The molecule has 0 unspecified atom stereocenters. The highest BCUT2D eigenvalue weighted by Crippen LogP contribution is 2.36. The van der Waals surface area contributed by atoms with Crippen molar-refractivity contribution in [1.82, 2.24) is 15.2 Å². The Bertz CT molecular complexity index is 1320. The van der Waals surface area contributed by atoms with Crippen LogP contribution in [0.15, 0.2) is 54.7 Å². The van der Waals surface area contributed by atoms with E-state index in [-0.39, 0.29) is 23.6 Å². The van der Waals surface area contributed by atoms with E-state index < -0.39 is 35.9 Å². The summed E-state index contributed by atoms with van der Waals surface area (Å²) in [6.45, 7) is 2.42. The molecule has 1 aliphatic rings. The van der Waals surface area contributed by atoms with Gasteiger partial charge >= 0.3 is 12.4 Å². The van der Waals surface area contributed by atoms with Gasteiger partial charge in [0.05, 0.1) is 18.2 Å². The summed E-state index contributed by atoms with van der Waals surface area (Å²) in [4.78, 5) is 22.1. The number of likely N-dealkylation sites (N-methyl/N-ethyl adjacent to an activating group) is 1. The third-order valence-corrected chi connectivity index (χ3v) is 6.72. The summed E-state index contributed by atoms with van der Waals surface area (Å²) in [5.74, 6) is 0.509. The van der Waals surface area contributed by atoms with Gasteiger partial charge in [-0.1, -0.05) is 18.2 Å². The maximum atomic E-state index is 13.4. The number of benzene rings is 2. The lowest BCUT2D eigenvalue weighted by Crippen LogP contribution is -2.45. The minimum atomic E-state index is -4.98. The van der Waals surface area contributed by atoms with Crippen LogP contribution in [0.3, 0.4) is 0 Å². The molecule has 214 valence electrons. The van der Waals surface area contributed by atoms with Gasteiger partial charge in [-0.25, -0.2) is 4.98 Å². The summed E-state index contributed by atoms with van der Waals surface area (Å²) in [5, 5.41) is 2.51. The fourth-order valence-corrected chi connectivity index (χ4v) is 4.49. The number of anilines is 1. The van der Waals surface area contributed by atoms with Crippen molar-refractivity contribution in [3.8, 4) is 5.75 Å². The number of alkyl halides is 6. The summed E-state index contributed by atoms with van der Waals surface area (Å²) in [6.07, 6.45) is -8.12. The molecule has 3 aromatic rings. The Hall–Kier alpha value is -3.80. The number of para-hydroxylation sites is 1. The highest BCUT2D eigenvalue weighted by Gasteiger charge is 2.37. The molecule has 4 rings (SSSR count). The molecule has 1 aliphatic heterocycles. The average Bonchev–Trinajstić information content (AvgIpc) is 2.91. The fraction of sp³-hybridized carbons (Fsp3) is 0.357. The van der Waals surface area contributed by atoms with Gasteiger partial charge in [-0.3, -0.25) is 4.79 Å². The number of aromatic nitrogens is 1. The molecule has 2 heterocycles. The molecule has 12 heteroatoms. The van der Waals surface area contributed by atoms with Crippen LogP contribution in [-0.4, -0.2) is 56.1 Å². The normalized spacial score (nSPS) is 14.8. The number of carbonyl (C=O) groups is 1. The van der Waals surface area contributed by atoms with Gasteiger partial charge in [-0.15, -0.1) is 0 Å². The number of piperazine rings is 1. The molecule has 1 aromatic heterocycles. The number of nitrogens with zero attached hydrogens (tertiary/aromatic N) is 3. The second-order valence-corrected chi connectivity index (χ2v) is 9.58. The second kappa shape index (κ2) is 11.7. The number of ether oxygens (including phenoxy) is 1. The minimum Gasteiger partial charge on any atom is -0.496 e. The maximum Gasteiger partial charge on any atom is 0.416 e. The smallest absolute Gasteiger partial charge is 0.416 e. The lowest BCUT2D eigenvalue weighted by atomic mass is 10.00. The highest BCUT2D eigenvalue weighted by atomic mass is 19.4. The van der Waals surface area contributed by atoms with E-state index in [9.17, 15) is 31.1 Å². The summed E-state index contributed by atoms with van der Waals surface area (Å²) in [5.41, 5.74) is -1.68. The number of amides is 1. The Morgan fingerprint density at radius 2 is 1.55 bits per heavy atom. The number of pyridine rings is 1.